The number of halogens is 4. The molecule has 1 atom stereocenters. The quantitative estimate of drug-likeness (QED) is 0.776. The minimum absolute atomic E-state index is 0.0174. The molecule has 0 saturated heterocycles. The molecule has 0 aliphatic heterocycles. The molecule has 1 N–H and O–H groups in total. The maximum absolute atomic E-state index is 13.8. The molecule has 2 aromatic rings. The van der Waals surface area contributed by atoms with Gasteiger partial charge < -0.3 is 5.11 Å². The number of benzene rings is 2. The van der Waals surface area contributed by atoms with Gasteiger partial charge in [0.1, 0.15) is 17.7 Å². The molecule has 0 amide bonds. The predicted molar refractivity (Wildman–Crippen MR) is 74.3 cm³/mol. The van der Waals surface area contributed by atoms with Crippen molar-refractivity contribution >= 4 is 27.5 Å². The van der Waals surface area contributed by atoms with Crippen molar-refractivity contribution in [2.75, 3.05) is 0 Å². The van der Waals surface area contributed by atoms with Crippen LogP contribution in [0.4, 0.5) is 8.78 Å². The fraction of sp³-hybridized carbons (Fsp3) is 0.143. The molecule has 0 aliphatic rings. The van der Waals surface area contributed by atoms with Gasteiger partial charge in [-0.15, -0.1) is 0 Å². The Labute approximate surface area is 123 Å². The SMILES string of the molecule is Cc1c(Cl)cccc1C(O)c1cc(F)c(Br)cc1F. The van der Waals surface area contributed by atoms with Gasteiger partial charge in [-0.05, 0) is 52.2 Å². The molecule has 0 fully saturated rings. The van der Waals surface area contributed by atoms with E-state index in [1.54, 1.807) is 25.1 Å². The van der Waals surface area contributed by atoms with Crippen molar-refractivity contribution in [3.8, 4) is 0 Å². The lowest BCUT2D eigenvalue weighted by molar-refractivity contribution is 0.213. The molecule has 2 aromatic carbocycles. The summed E-state index contributed by atoms with van der Waals surface area (Å²) in [5, 5.41) is 10.7. The fourth-order valence-corrected chi connectivity index (χ4v) is 2.33. The van der Waals surface area contributed by atoms with E-state index in [9.17, 15) is 13.9 Å². The highest BCUT2D eigenvalue weighted by Crippen LogP contribution is 2.32. The maximum atomic E-state index is 13.8. The Bertz CT molecular complexity index is 631. The Morgan fingerprint density at radius 2 is 1.84 bits per heavy atom. The van der Waals surface area contributed by atoms with Gasteiger partial charge in [-0.1, -0.05) is 23.7 Å². The minimum Gasteiger partial charge on any atom is -0.384 e. The second kappa shape index (κ2) is 5.57. The molecule has 19 heavy (non-hydrogen) atoms. The van der Waals surface area contributed by atoms with E-state index < -0.39 is 17.7 Å². The molecule has 100 valence electrons. The molecule has 2 rings (SSSR count). The largest absolute Gasteiger partial charge is 0.384 e. The molecule has 0 radical (unpaired) electrons. The number of aliphatic hydroxyl groups is 1. The molecule has 5 heteroatoms. The Kier molecular flexibility index (Phi) is 4.23. The fourth-order valence-electron chi connectivity index (χ4n) is 1.84. The summed E-state index contributed by atoms with van der Waals surface area (Å²) in [5.41, 5.74) is 0.971. The van der Waals surface area contributed by atoms with Crippen molar-refractivity contribution in [2.45, 2.75) is 13.0 Å². The van der Waals surface area contributed by atoms with Gasteiger partial charge in [0.05, 0.1) is 4.47 Å². The molecule has 0 aromatic heterocycles. The predicted octanol–water partition coefficient (Wildman–Crippen LogP) is 4.77. The van der Waals surface area contributed by atoms with Crippen molar-refractivity contribution in [3.63, 3.8) is 0 Å². The van der Waals surface area contributed by atoms with Gasteiger partial charge in [0.25, 0.3) is 0 Å². The summed E-state index contributed by atoms with van der Waals surface area (Å²) >= 11 is 8.85. The third kappa shape index (κ3) is 2.81. The van der Waals surface area contributed by atoms with E-state index in [0.717, 1.165) is 12.1 Å². The molecule has 1 nitrogen and oxygen atoms in total. The minimum atomic E-state index is -1.26. The number of aliphatic hydroxyl groups excluding tert-OH is 1. The average Bonchev–Trinajstić information content (AvgIpc) is 2.36. The zero-order valence-electron chi connectivity index (χ0n) is 9.92. The van der Waals surface area contributed by atoms with Crippen LogP contribution in [0.2, 0.25) is 5.02 Å². The van der Waals surface area contributed by atoms with Crippen molar-refractivity contribution in [3.05, 3.63) is 68.2 Å². The van der Waals surface area contributed by atoms with Crippen LogP contribution < -0.4 is 0 Å². The second-order valence-electron chi connectivity index (χ2n) is 4.14. The summed E-state index contributed by atoms with van der Waals surface area (Å²) < 4.78 is 27.3. The van der Waals surface area contributed by atoms with E-state index in [2.05, 4.69) is 15.9 Å². The van der Waals surface area contributed by atoms with Gasteiger partial charge in [0.2, 0.25) is 0 Å². The van der Waals surface area contributed by atoms with Crippen LogP contribution in [0.25, 0.3) is 0 Å². The monoisotopic (exact) mass is 346 g/mol. The Morgan fingerprint density at radius 3 is 2.53 bits per heavy atom. The van der Waals surface area contributed by atoms with E-state index in [1.165, 1.54) is 0 Å². The van der Waals surface area contributed by atoms with E-state index in [0.29, 0.717) is 16.1 Å². The van der Waals surface area contributed by atoms with Gasteiger partial charge in [-0.25, -0.2) is 8.78 Å². The van der Waals surface area contributed by atoms with Crippen molar-refractivity contribution in [1.29, 1.82) is 0 Å². The van der Waals surface area contributed by atoms with Crippen molar-refractivity contribution < 1.29 is 13.9 Å². The molecule has 1 unspecified atom stereocenters. The van der Waals surface area contributed by atoms with Crippen molar-refractivity contribution in [2.24, 2.45) is 0 Å². The standard InChI is InChI=1S/C14H10BrClF2O/c1-7-8(3-2-4-11(7)16)14(19)9-5-13(18)10(15)6-12(9)17/h2-6,14,19H,1H3. The molecule has 0 saturated carbocycles. The molecule has 0 aliphatic carbocycles. The molecule has 0 bridgehead atoms. The van der Waals surface area contributed by atoms with Crippen LogP contribution in [-0.4, -0.2) is 5.11 Å². The number of rotatable bonds is 2. The lowest BCUT2D eigenvalue weighted by atomic mass is 9.97. The van der Waals surface area contributed by atoms with Crippen molar-refractivity contribution in [1.82, 2.24) is 0 Å². The summed E-state index contributed by atoms with van der Waals surface area (Å²) in [4.78, 5) is 0. The summed E-state index contributed by atoms with van der Waals surface area (Å²) in [6, 6.07) is 6.93. The van der Waals surface area contributed by atoms with Crippen LogP contribution in [0.3, 0.4) is 0 Å². The molecular weight excluding hydrogens is 338 g/mol. The number of hydrogen-bond donors (Lipinski definition) is 1. The molecular formula is C14H10BrClF2O. The molecule has 0 heterocycles. The van der Waals surface area contributed by atoms with Crippen LogP contribution in [0.15, 0.2) is 34.8 Å². The van der Waals surface area contributed by atoms with Crippen LogP contribution in [0.1, 0.15) is 22.8 Å². The second-order valence-corrected chi connectivity index (χ2v) is 5.41. The first kappa shape index (κ1) is 14.4. The zero-order valence-corrected chi connectivity index (χ0v) is 12.3. The van der Waals surface area contributed by atoms with Gasteiger partial charge >= 0.3 is 0 Å². The summed E-state index contributed by atoms with van der Waals surface area (Å²) in [6.45, 7) is 1.72. The highest BCUT2D eigenvalue weighted by Gasteiger charge is 2.19. The Balaban J connectivity index is 2.53. The first-order chi connectivity index (χ1) is 8.91. The first-order valence-electron chi connectivity index (χ1n) is 5.49. The van der Waals surface area contributed by atoms with E-state index in [1.807, 2.05) is 0 Å². The topological polar surface area (TPSA) is 20.2 Å². The Morgan fingerprint density at radius 1 is 1.16 bits per heavy atom. The third-order valence-corrected chi connectivity index (χ3v) is 3.96. The first-order valence-corrected chi connectivity index (χ1v) is 6.66. The van der Waals surface area contributed by atoms with Gasteiger partial charge in [-0.3, -0.25) is 0 Å². The highest BCUT2D eigenvalue weighted by molar-refractivity contribution is 9.10. The Hall–Kier alpha value is -0.970. The normalized spacial score (nSPS) is 12.5. The summed E-state index contributed by atoms with van der Waals surface area (Å²) in [7, 11) is 0. The van der Waals surface area contributed by atoms with Crippen LogP contribution >= 0.6 is 27.5 Å². The van der Waals surface area contributed by atoms with Gasteiger partial charge in [-0.2, -0.15) is 0 Å². The molecule has 0 spiro atoms. The van der Waals surface area contributed by atoms with Crippen LogP contribution in [0, 0.1) is 18.6 Å². The summed E-state index contributed by atoms with van der Waals surface area (Å²) in [6.07, 6.45) is -1.26. The van der Waals surface area contributed by atoms with E-state index in [-0.39, 0.29) is 10.0 Å². The van der Waals surface area contributed by atoms with E-state index >= 15 is 0 Å². The third-order valence-electron chi connectivity index (χ3n) is 2.94. The number of hydrogen-bond acceptors (Lipinski definition) is 1. The maximum Gasteiger partial charge on any atom is 0.137 e. The highest BCUT2D eigenvalue weighted by atomic mass is 79.9. The smallest absolute Gasteiger partial charge is 0.137 e. The lowest BCUT2D eigenvalue weighted by Gasteiger charge is -2.16. The van der Waals surface area contributed by atoms with E-state index in [4.69, 9.17) is 11.6 Å². The summed E-state index contributed by atoms with van der Waals surface area (Å²) in [5.74, 6) is -1.31. The van der Waals surface area contributed by atoms with Crippen LogP contribution in [0.5, 0.6) is 0 Å². The van der Waals surface area contributed by atoms with Gasteiger partial charge in [0.15, 0.2) is 0 Å². The van der Waals surface area contributed by atoms with Gasteiger partial charge in [0, 0.05) is 10.6 Å². The lowest BCUT2D eigenvalue weighted by Crippen LogP contribution is -2.05. The average molecular weight is 348 g/mol. The van der Waals surface area contributed by atoms with Crippen LogP contribution in [-0.2, 0) is 0 Å². The zero-order chi connectivity index (χ0) is 14.2.